The lowest BCUT2D eigenvalue weighted by atomic mass is 9.96. The number of likely N-dealkylation sites (N-methyl/N-ethyl adjacent to an activating group) is 1. The molecule has 2 aromatic rings. The van der Waals surface area contributed by atoms with Crippen molar-refractivity contribution in [3.05, 3.63) is 42.0 Å². The van der Waals surface area contributed by atoms with Crippen molar-refractivity contribution < 1.29 is 9.53 Å². The van der Waals surface area contributed by atoms with Crippen molar-refractivity contribution in [2.24, 2.45) is 0 Å². The summed E-state index contributed by atoms with van der Waals surface area (Å²) in [6.07, 6.45) is 4.56. The molecule has 0 radical (unpaired) electrons. The highest BCUT2D eigenvalue weighted by atomic mass is 16.5. The Kier molecular flexibility index (Phi) is 6.03. The Morgan fingerprint density at radius 2 is 1.72 bits per heavy atom. The molecule has 168 valence electrons. The third-order valence-electron chi connectivity index (χ3n) is 7.52. The predicted octanol–water partition coefficient (Wildman–Crippen LogP) is 3.39. The lowest BCUT2D eigenvalue weighted by molar-refractivity contribution is -0.151. The van der Waals surface area contributed by atoms with Crippen LogP contribution in [0.5, 0.6) is 0 Å². The van der Waals surface area contributed by atoms with Crippen molar-refractivity contribution in [1.29, 1.82) is 5.26 Å². The number of carbonyl (C=O) groups is 1. The molecule has 5 rings (SSSR count). The van der Waals surface area contributed by atoms with Gasteiger partial charge in [0.15, 0.2) is 0 Å². The first kappa shape index (κ1) is 21.2. The number of nitriles is 1. The number of piperidine rings is 1. The van der Waals surface area contributed by atoms with Crippen molar-refractivity contribution in [3.63, 3.8) is 0 Å². The Balaban J connectivity index is 1.22. The average molecular weight is 433 g/mol. The van der Waals surface area contributed by atoms with E-state index in [4.69, 9.17) is 4.74 Å². The molecule has 2 bridgehead atoms. The third-order valence-corrected chi connectivity index (χ3v) is 7.52. The maximum atomic E-state index is 12.5. The van der Waals surface area contributed by atoms with E-state index in [0.717, 1.165) is 74.7 Å². The summed E-state index contributed by atoms with van der Waals surface area (Å²) >= 11 is 0. The number of ether oxygens (including phenoxy) is 1. The van der Waals surface area contributed by atoms with Gasteiger partial charge in [0.1, 0.15) is 6.10 Å². The van der Waals surface area contributed by atoms with E-state index in [0.29, 0.717) is 18.5 Å². The van der Waals surface area contributed by atoms with Crippen molar-refractivity contribution >= 4 is 22.4 Å². The summed E-state index contributed by atoms with van der Waals surface area (Å²) in [4.78, 5) is 19.8. The van der Waals surface area contributed by atoms with Crippen LogP contribution in [0, 0.1) is 11.3 Å². The molecule has 3 saturated heterocycles. The average Bonchev–Trinajstić information content (AvgIpc) is 3.07. The zero-order chi connectivity index (χ0) is 22.1. The summed E-state index contributed by atoms with van der Waals surface area (Å²) < 4.78 is 5.95. The van der Waals surface area contributed by atoms with Gasteiger partial charge < -0.3 is 19.4 Å². The molecule has 3 heterocycles. The van der Waals surface area contributed by atoms with Crippen LogP contribution in [-0.4, -0.2) is 73.7 Å². The predicted molar refractivity (Wildman–Crippen MR) is 126 cm³/mol. The Morgan fingerprint density at radius 3 is 2.41 bits per heavy atom. The number of nitrogens with zero attached hydrogens (tertiary/aromatic N) is 4. The maximum Gasteiger partial charge on any atom is 0.307 e. The summed E-state index contributed by atoms with van der Waals surface area (Å²) in [7, 11) is 2.15. The Morgan fingerprint density at radius 1 is 1.03 bits per heavy atom. The van der Waals surface area contributed by atoms with Crippen LogP contribution >= 0.6 is 0 Å². The molecule has 3 aliphatic heterocycles. The van der Waals surface area contributed by atoms with Gasteiger partial charge in [-0.05, 0) is 32.0 Å². The summed E-state index contributed by atoms with van der Waals surface area (Å²) in [5.41, 5.74) is 1.94. The van der Waals surface area contributed by atoms with Crippen molar-refractivity contribution in [1.82, 2.24) is 9.80 Å². The summed E-state index contributed by atoms with van der Waals surface area (Å²) in [6, 6.07) is 15.4. The van der Waals surface area contributed by atoms with Crippen molar-refractivity contribution in [3.8, 4) is 6.07 Å². The van der Waals surface area contributed by atoms with Crippen LogP contribution in [0.1, 0.15) is 37.7 Å². The standard InChI is InChI=1S/C26H32N4O2/c1-28-12-14-29(15-13-28)11-10-26(31)32-22-16-20-7-8-21(17-22)30(20)25-9-6-19(18-27)23-4-2-3-5-24(23)25/h2-6,9,20-22H,7-8,10-17H2,1H3/t20-,21+,22?. The number of benzene rings is 2. The number of hydrogen-bond donors (Lipinski definition) is 0. The Bertz CT molecular complexity index is 1010. The van der Waals surface area contributed by atoms with Crippen LogP contribution in [0.4, 0.5) is 5.69 Å². The molecular formula is C26H32N4O2. The summed E-state index contributed by atoms with van der Waals surface area (Å²) in [5.74, 6) is -0.0504. The van der Waals surface area contributed by atoms with Gasteiger partial charge in [0.05, 0.1) is 18.1 Å². The number of carbonyl (C=O) groups excluding carboxylic acids is 1. The highest BCUT2D eigenvalue weighted by Gasteiger charge is 2.42. The Labute approximate surface area is 190 Å². The number of anilines is 1. The zero-order valence-electron chi connectivity index (χ0n) is 18.9. The molecule has 0 N–H and O–H groups in total. The zero-order valence-corrected chi connectivity index (χ0v) is 18.9. The fraction of sp³-hybridized carbons (Fsp3) is 0.538. The van der Waals surface area contributed by atoms with Gasteiger partial charge in [0.2, 0.25) is 0 Å². The topological polar surface area (TPSA) is 59.8 Å². The highest BCUT2D eigenvalue weighted by molar-refractivity contribution is 5.98. The normalized spacial score (nSPS) is 26.2. The van der Waals surface area contributed by atoms with Crippen LogP contribution in [0.3, 0.4) is 0 Å². The molecule has 0 aromatic heterocycles. The lowest BCUT2D eigenvalue weighted by Gasteiger charge is -2.41. The summed E-state index contributed by atoms with van der Waals surface area (Å²) in [5, 5.41) is 11.7. The number of esters is 1. The smallest absolute Gasteiger partial charge is 0.307 e. The van der Waals surface area contributed by atoms with E-state index in [-0.39, 0.29) is 12.1 Å². The summed E-state index contributed by atoms with van der Waals surface area (Å²) in [6.45, 7) is 5.01. The minimum Gasteiger partial charge on any atom is -0.462 e. The fourth-order valence-corrected chi connectivity index (χ4v) is 5.79. The van der Waals surface area contributed by atoms with E-state index >= 15 is 0 Å². The molecule has 3 atom stereocenters. The Hall–Kier alpha value is -2.62. The number of rotatable bonds is 5. The van der Waals surface area contributed by atoms with E-state index in [1.165, 1.54) is 5.69 Å². The first-order chi connectivity index (χ1) is 15.6. The third kappa shape index (κ3) is 4.20. The van der Waals surface area contributed by atoms with E-state index in [1.54, 1.807) is 0 Å². The largest absolute Gasteiger partial charge is 0.462 e. The minimum absolute atomic E-state index is 0.0217. The lowest BCUT2D eigenvalue weighted by Crippen LogP contribution is -2.47. The molecule has 3 fully saturated rings. The molecule has 0 spiro atoms. The second-order valence-corrected chi connectivity index (χ2v) is 9.56. The van der Waals surface area contributed by atoms with Crippen LogP contribution in [0.15, 0.2) is 36.4 Å². The molecular weight excluding hydrogens is 400 g/mol. The van der Waals surface area contributed by atoms with Gasteiger partial charge in [-0.25, -0.2) is 0 Å². The molecule has 6 heteroatoms. The second-order valence-electron chi connectivity index (χ2n) is 9.56. The van der Waals surface area contributed by atoms with Crippen LogP contribution in [0.2, 0.25) is 0 Å². The van der Waals surface area contributed by atoms with Crippen LogP contribution < -0.4 is 4.90 Å². The molecule has 0 saturated carbocycles. The molecule has 3 aliphatic rings. The fourth-order valence-electron chi connectivity index (χ4n) is 5.79. The SMILES string of the molecule is CN1CCN(CCC(=O)OC2C[C@H]3CC[C@@H](C2)N3c2ccc(C#N)c3ccccc23)CC1. The maximum absolute atomic E-state index is 12.5. The number of piperazine rings is 1. The van der Waals surface area contributed by atoms with Gasteiger partial charge >= 0.3 is 5.97 Å². The van der Waals surface area contributed by atoms with Crippen LogP contribution in [-0.2, 0) is 9.53 Å². The second kappa shape index (κ2) is 9.09. The van der Waals surface area contributed by atoms with Crippen molar-refractivity contribution in [2.75, 3.05) is 44.7 Å². The van der Waals surface area contributed by atoms with E-state index in [9.17, 15) is 10.1 Å². The quantitative estimate of drug-likeness (QED) is 0.675. The van der Waals surface area contributed by atoms with Crippen molar-refractivity contribution in [2.45, 2.75) is 50.3 Å². The highest BCUT2D eigenvalue weighted by Crippen LogP contribution is 2.43. The van der Waals surface area contributed by atoms with Gasteiger partial charge in [-0.2, -0.15) is 5.26 Å². The number of hydrogen-bond acceptors (Lipinski definition) is 6. The monoisotopic (exact) mass is 432 g/mol. The van der Waals surface area contributed by atoms with Gasteiger partial charge in [0, 0.05) is 74.1 Å². The van der Waals surface area contributed by atoms with E-state index in [1.807, 2.05) is 24.3 Å². The molecule has 32 heavy (non-hydrogen) atoms. The first-order valence-corrected chi connectivity index (χ1v) is 11.9. The van der Waals surface area contributed by atoms with E-state index < -0.39 is 0 Å². The van der Waals surface area contributed by atoms with Gasteiger partial charge in [-0.1, -0.05) is 24.3 Å². The van der Waals surface area contributed by atoms with Gasteiger partial charge in [-0.3, -0.25) is 4.79 Å². The van der Waals surface area contributed by atoms with Gasteiger partial charge in [0.25, 0.3) is 0 Å². The van der Waals surface area contributed by atoms with Gasteiger partial charge in [-0.15, -0.1) is 0 Å². The number of fused-ring (bicyclic) bond motifs is 3. The minimum atomic E-state index is -0.0504. The molecule has 1 unspecified atom stereocenters. The molecule has 0 amide bonds. The molecule has 6 nitrogen and oxygen atoms in total. The molecule has 2 aromatic carbocycles. The van der Waals surface area contributed by atoms with Crippen LogP contribution in [0.25, 0.3) is 10.8 Å². The van der Waals surface area contributed by atoms with E-state index in [2.05, 4.69) is 39.9 Å². The first-order valence-electron chi connectivity index (χ1n) is 11.9. The molecule has 0 aliphatic carbocycles.